The normalized spacial score (nSPS) is 11.6. The van der Waals surface area contributed by atoms with Crippen molar-refractivity contribution in [3.8, 4) is 0 Å². The van der Waals surface area contributed by atoms with Crippen molar-refractivity contribution in [2.24, 2.45) is 0 Å². The van der Waals surface area contributed by atoms with Crippen LogP contribution in [-0.4, -0.2) is 16.1 Å². The first-order valence-electron chi connectivity index (χ1n) is 8.62. The summed E-state index contributed by atoms with van der Waals surface area (Å²) in [6.07, 6.45) is -4.15. The molecule has 28 heavy (non-hydrogen) atoms. The van der Waals surface area contributed by atoms with E-state index in [1.165, 1.54) is 11.6 Å². The largest absolute Gasteiger partial charge is 0.416 e. The number of hydrogen-bond acceptors (Lipinski definition) is 4. The van der Waals surface area contributed by atoms with E-state index in [9.17, 15) is 18.0 Å². The van der Waals surface area contributed by atoms with Crippen molar-refractivity contribution in [1.82, 2.24) is 10.2 Å². The third-order valence-electron chi connectivity index (χ3n) is 4.14. The van der Waals surface area contributed by atoms with Crippen LogP contribution in [0.5, 0.6) is 0 Å². The van der Waals surface area contributed by atoms with E-state index in [0.717, 1.165) is 23.8 Å². The molecule has 5 nitrogen and oxygen atoms in total. The van der Waals surface area contributed by atoms with Crippen molar-refractivity contribution < 1.29 is 22.4 Å². The lowest BCUT2D eigenvalue weighted by molar-refractivity contribution is -0.137. The average Bonchev–Trinajstić information content (AvgIpc) is 3.08. The molecule has 1 N–H and O–H groups in total. The van der Waals surface area contributed by atoms with Gasteiger partial charge in [-0.2, -0.15) is 13.2 Å². The van der Waals surface area contributed by atoms with Crippen LogP contribution in [0.2, 0.25) is 0 Å². The van der Waals surface area contributed by atoms with E-state index in [1.807, 2.05) is 24.3 Å². The smallest absolute Gasteiger partial charge is 0.407 e. The molecular weight excluding hydrogens is 371 g/mol. The van der Waals surface area contributed by atoms with E-state index in [1.54, 1.807) is 0 Å². The number of halogens is 3. The number of carbonyl (C=O) groups is 1. The Bertz CT molecular complexity index is 963. The van der Waals surface area contributed by atoms with Crippen molar-refractivity contribution in [1.29, 1.82) is 0 Å². The molecule has 0 aliphatic heterocycles. The van der Waals surface area contributed by atoms with Crippen LogP contribution < -0.4 is 5.32 Å². The first kappa shape index (κ1) is 19.6. The lowest BCUT2D eigenvalue weighted by Crippen LogP contribution is -2.14. The number of hydrogen-bond donors (Lipinski definition) is 1. The standard InChI is InChI=1S/C20H18F3N3O2/c1-12(2)14-8-6-13(7-9-14)10-17-25-26-19(28-17)24-18(27)15-4-3-5-16(11-15)20(21,22)23/h3-9,11-12H,10H2,1-2H3,(H,24,26,27). The third-order valence-corrected chi connectivity index (χ3v) is 4.14. The topological polar surface area (TPSA) is 68.0 Å². The highest BCUT2D eigenvalue weighted by atomic mass is 19.4. The molecule has 2 aromatic carbocycles. The Kier molecular flexibility index (Phi) is 5.48. The van der Waals surface area contributed by atoms with Gasteiger partial charge in [0.25, 0.3) is 5.91 Å². The summed E-state index contributed by atoms with van der Waals surface area (Å²) in [6.45, 7) is 4.21. The number of benzene rings is 2. The quantitative estimate of drug-likeness (QED) is 0.663. The molecule has 1 amide bonds. The number of aromatic nitrogens is 2. The number of carbonyl (C=O) groups excluding carboxylic acids is 1. The van der Waals surface area contributed by atoms with Crippen molar-refractivity contribution in [3.63, 3.8) is 0 Å². The molecule has 0 bridgehead atoms. The molecule has 0 saturated carbocycles. The van der Waals surface area contributed by atoms with Gasteiger partial charge in [0.1, 0.15) is 0 Å². The predicted molar refractivity (Wildman–Crippen MR) is 97.0 cm³/mol. The SMILES string of the molecule is CC(C)c1ccc(Cc2nnc(NC(=O)c3cccc(C(F)(F)F)c3)o2)cc1. The molecule has 146 valence electrons. The molecule has 0 saturated heterocycles. The zero-order valence-electron chi connectivity index (χ0n) is 15.2. The summed E-state index contributed by atoms with van der Waals surface area (Å²) in [7, 11) is 0. The maximum atomic E-state index is 12.8. The number of anilines is 1. The minimum atomic E-state index is -4.53. The Morgan fingerprint density at radius 1 is 1.11 bits per heavy atom. The second-order valence-electron chi connectivity index (χ2n) is 6.61. The molecule has 3 aromatic rings. The Balaban J connectivity index is 1.66. The summed E-state index contributed by atoms with van der Waals surface area (Å²) in [5.74, 6) is -0.0469. The molecule has 1 aromatic heterocycles. The number of rotatable bonds is 5. The maximum absolute atomic E-state index is 12.8. The van der Waals surface area contributed by atoms with Gasteiger partial charge in [-0.25, -0.2) is 0 Å². The molecule has 0 fully saturated rings. The maximum Gasteiger partial charge on any atom is 0.416 e. The molecule has 0 unspecified atom stereocenters. The predicted octanol–water partition coefficient (Wildman–Crippen LogP) is 5.05. The fourth-order valence-electron chi connectivity index (χ4n) is 2.58. The van der Waals surface area contributed by atoms with E-state index < -0.39 is 17.6 Å². The van der Waals surface area contributed by atoms with Crippen LogP contribution in [0.3, 0.4) is 0 Å². The molecule has 0 radical (unpaired) electrons. The van der Waals surface area contributed by atoms with Crippen LogP contribution in [0.15, 0.2) is 52.9 Å². The highest BCUT2D eigenvalue weighted by molar-refractivity contribution is 6.03. The van der Waals surface area contributed by atoms with E-state index in [-0.39, 0.29) is 17.5 Å². The highest BCUT2D eigenvalue weighted by Gasteiger charge is 2.31. The van der Waals surface area contributed by atoms with E-state index >= 15 is 0 Å². The second kappa shape index (κ2) is 7.84. The molecular formula is C20H18F3N3O2. The minimum absolute atomic E-state index is 0.154. The zero-order chi connectivity index (χ0) is 20.3. The van der Waals surface area contributed by atoms with Gasteiger partial charge in [-0.3, -0.25) is 10.1 Å². The molecule has 1 heterocycles. The van der Waals surface area contributed by atoms with E-state index in [2.05, 4.69) is 29.4 Å². The fraction of sp³-hybridized carbons (Fsp3) is 0.250. The van der Waals surface area contributed by atoms with Crippen LogP contribution in [0.4, 0.5) is 19.2 Å². The van der Waals surface area contributed by atoms with Gasteiger partial charge >= 0.3 is 12.2 Å². The molecule has 3 rings (SSSR count). The van der Waals surface area contributed by atoms with Gasteiger partial charge in [0.15, 0.2) is 0 Å². The van der Waals surface area contributed by atoms with Crippen LogP contribution in [0.1, 0.15) is 52.7 Å². The Hall–Kier alpha value is -3.16. The van der Waals surface area contributed by atoms with Gasteiger partial charge in [-0.1, -0.05) is 49.3 Å². The van der Waals surface area contributed by atoms with Crippen LogP contribution in [-0.2, 0) is 12.6 Å². The third kappa shape index (κ3) is 4.76. The summed E-state index contributed by atoms with van der Waals surface area (Å²) in [6, 6.07) is 11.9. The van der Waals surface area contributed by atoms with Crippen molar-refractivity contribution in [2.75, 3.05) is 5.32 Å². The van der Waals surface area contributed by atoms with Crippen molar-refractivity contribution in [2.45, 2.75) is 32.4 Å². The lowest BCUT2D eigenvalue weighted by Gasteiger charge is -2.07. The van der Waals surface area contributed by atoms with Crippen molar-refractivity contribution >= 4 is 11.9 Å². The average molecular weight is 389 g/mol. The summed E-state index contributed by atoms with van der Waals surface area (Å²) in [4.78, 5) is 12.2. The van der Waals surface area contributed by atoms with Crippen LogP contribution in [0.25, 0.3) is 0 Å². The summed E-state index contributed by atoms with van der Waals surface area (Å²) < 4.78 is 43.7. The summed E-state index contributed by atoms with van der Waals surface area (Å²) >= 11 is 0. The van der Waals surface area contributed by atoms with Crippen molar-refractivity contribution in [3.05, 3.63) is 76.7 Å². The summed E-state index contributed by atoms with van der Waals surface area (Å²) in [5.41, 5.74) is 1.11. The van der Waals surface area contributed by atoms with Crippen LogP contribution in [0, 0.1) is 0 Å². The lowest BCUT2D eigenvalue weighted by atomic mass is 10.0. The Labute approximate surface area is 159 Å². The highest BCUT2D eigenvalue weighted by Crippen LogP contribution is 2.29. The first-order valence-corrected chi connectivity index (χ1v) is 8.62. The molecule has 0 aliphatic carbocycles. The molecule has 0 atom stereocenters. The van der Waals surface area contributed by atoms with E-state index in [4.69, 9.17) is 4.42 Å². The number of nitrogens with zero attached hydrogens (tertiary/aromatic N) is 2. The van der Waals surface area contributed by atoms with Gasteiger partial charge in [0.2, 0.25) is 5.89 Å². The van der Waals surface area contributed by atoms with Gasteiger partial charge in [-0.05, 0) is 35.2 Å². The number of amides is 1. The van der Waals surface area contributed by atoms with Crippen LogP contribution >= 0.6 is 0 Å². The first-order chi connectivity index (χ1) is 13.2. The molecule has 0 spiro atoms. The summed E-state index contributed by atoms with van der Waals surface area (Å²) in [5, 5.41) is 9.91. The Morgan fingerprint density at radius 3 is 2.46 bits per heavy atom. The number of nitrogens with one attached hydrogen (secondary N) is 1. The molecule has 8 heteroatoms. The molecule has 0 aliphatic rings. The zero-order valence-corrected chi connectivity index (χ0v) is 15.2. The van der Waals surface area contributed by atoms with Gasteiger partial charge < -0.3 is 4.42 Å². The number of alkyl halides is 3. The fourth-order valence-corrected chi connectivity index (χ4v) is 2.58. The minimum Gasteiger partial charge on any atom is -0.407 e. The monoisotopic (exact) mass is 389 g/mol. The Morgan fingerprint density at radius 2 is 1.82 bits per heavy atom. The second-order valence-corrected chi connectivity index (χ2v) is 6.61. The van der Waals surface area contributed by atoms with Gasteiger partial charge in [0, 0.05) is 5.56 Å². The van der Waals surface area contributed by atoms with E-state index in [0.29, 0.717) is 12.3 Å². The van der Waals surface area contributed by atoms with Gasteiger partial charge in [-0.15, -0.1) is 5.10 Å². The van der Waals surface area contributed by atoms with Gasteiger partial charge in [0.05, 0.1) is 12.0 Å².